The Kier molecular flexibility index (Phi) is 5.88. The third-order valence-corrected chi connectivity index (χ3v) is 5.26. The summed E-state index contributed by atoms with van der Waals surface area (Å²) in [5, 5.41) is 4.27. The molecule has 3 rings (SSSR count). The number of rotatable bonds is 8. The topological polar surface area (TPSA) is 86.1 Å². The fourth-order valence-corrected chi connectivity index (χ4v) is 3.55. The summed E-state index contributed by atoms with van der Waals surface area (Å²) < 4.78 is 34.6. The Hall–Kier alpha value is -2.71. The van der Waals surface area contributed by atoms with E-state index >= 15 is 0 Å². The zero-order valence-electron chi connectivity index (χ0n) is 15.2. The molecule has 0 spiro atoms. The van der Waals surface area contributed by atoms with Crippen LogP contribution in [-0.4, -0.2) is 35.8 Å². The van der Waals surface area contributed by atoms with Gasteiger partial charge in [0.2, 0.25) is 10.0 Å². The van der Waals surface area contributed by atoms with Crippen molar-refractivity contribution in [2.45, 2.75) is 31.4 Å². The predicted octanol–water partition coefficient (Wildman–Crippen LogP) is 2.71. The number of aromatic nitrogens is 3. The lowest BCUT2D eigenvalue weighted by atomic mass is 10.1. The van der Waals surface area contributed by atoms with Crippen LogP contribution in [0.2, 0.25) is 0 Å². The Morgan fingerprint density at radius 3 is 2.44 bits per heavy atom. The lowest BCUT2D eigenvalue weighted by Crippen LogP contribution is -2.27. The van der Waals surface area contributed by atoms with Crippen molar-refractivity contribution < 1.29 is 13.2 Å². The summed E-state index contributed by atoms with van der Waals surface area (Å²) in [6.07, 6.45) is 7.10. The van der Waals surface area contributed by atoms with Crippen LogP contribution in [0, 0.1) is 0 Å². The number of hydrogen-bond donors (Lipinski definition) is 1. The van der Waals surface area contributed by atoms with Crippen LogP contribution in [0.4, 0.5) is 0 Å². The summed E-state index contributed by atoms with van der Waals surface area (Å²) in [5.74, 6) is 0.643. The maximum atomic E-state index is 12.4. The molecule has 0 aliphatic rings. The number of nitrogens with one attached hydrogen (secondary N) is 1. The van der Waals surface area contributed by atoms with Crippen molar-refractivity contribution in [2.24, 2.45) is 0 Å². The van der Waals surface area contributed by atoms with Gasteiger partial charge < -0.3 is 4.74 Å². The molecule has 8 heteroatoms. The van der Waals surface area contributed by atoms with Gasteiger partial charge in [0.15, 0.2) is 0 Å². The van der Waals surface area contributed by atoms with Gasteiger partial charge in [0.25, 0.3) is 0 Å². The van der Waals surface area contributed by atoms with Crippen molar-refractivity contribution in [1.29, 1.82) is 0 Å². The number of hydrogen-bond acceptors (Lipinski definition) is 5. The molecule has 0 aliphatic heterocycles. The highest BCUT2D eigenvalue weighted by molar-refractivity contribution is 7.89. The van der Waals surface area contributed by atoms with E-state index in [1.165, 1.54) is 12.1 Å². The molecule has 27 heavy (non-hydrogen) atoms. The second-order valence-corrected chi connectivity index (χ2v) is 8.03. The van der Waals surface area contributed by atoms with Crippen molar-refractivity contribution in [3.63, 3.8) is 0 Å². The summed E-state index contributed by atoms with van der Waals surface area (Å²) in [7, 11) is -3.58. The Morgan fingerprint density at radius 1 is 1.07 bits per heavy atom. The van der Waals surface area contributed by atoms with Crippen LogP contribution in [0.1, 0.15) is 13.8 Å². The van der Waals surface area contributed by atoms with Gasteiger partial charge in [0.05, 0.1) is 23.7 Å². The molecule has 0 atom stereocenters. The quantitative estimate of drug-likeness (QED) is 0.643. The maximum Gasteiger partial charge on any atom is 0.240 e. The van der Waals surface area contributed by atoms with Crippen LogP contribution in [0.25, 0.3) is 11.1 Å². The number of ether oxygens (including phenoxy) is 1. The molecule has 3 aromatic rings. The van der Waals surface area contributed by atoms with E-state index in [4.69, 9.17) is 4.74 Å². The van der Waals surface area contributed by atoms with Gasteiger partial charge in [0, 0.05) is 30.7 Å². The van der Waals surface area contributed by atoms with Crippen LogP contribution in [0.15, 0.2) is 66.1 Å². The van der Waals surface area contributed by atoms with Gasteiger partial charge >= 0.3 is 0 Å². The first kappa shape index (κ1) is 19.1. The lowest BCUT2D eigenvalue weighted by Gasteiger charge is -2.11. The molecule has 0 amide bonds. The Labute approximate surface area is 159 Å². The monoisotopic (exact) mass is 386 g/mol. The molecule has 0 fully saturated rings. The normalized spacial score (nSPS) is 11.7. The fraction of sp³-hybridized carbons (Fsp3) is 0.263. The lowest BCUT2D eigenvalue weighted by molar-refractivity contribution is 0.242. The molecular weight excluding hydrogens is 364 g/mol. The first-order valence-corrected chi connectivity index (χ1v) is 10.1. The van der Waals surface area contributed by atoms with Gasteiger partial charge in [-0.05, 0) is 55.8 Å². The Morgan fingerprint density at radius 2 is 1.78 bits per heavy atom. The second-order valence-electron chi connectivity index (χ2n) is 6.26. The Bertz CT molecular complexity index is 968. The molecule has 2 heterocycles. The third kappa shape index (κ3) is 5.15. The number of benzene rings is 1. The molecule has 142 valence electrons. The Balaban J connectivity index is 1.57. The highest BCUT2D eigenvalue weighted by Gasteiger charge is 2.13. The molecule has 0 unspecified atom stereocenters. The molecule has 0 aliphatic carbocycles. The van der Waals surface area contributed by atoms with Crippen molar-refractivity contribution in [2.75, 3.05) is 6.54 Å². The van der Waals surface area contributed by atoms with Crippen LogP contribution in [0.5, 0.6) is 5.75 Å². The predicted molar refractivity (Wildman–Crippen MR) is 103 cm³/mol. The van der Waals surface area contributed by atoms with Crippen molar-refractivity contribution in [3.05, 3.63) is 61.2 Å². The summed E-state index contributed by atoms with van der Waals surface area (Å²) in [6, 6.07) is 10.2. The molecule has 2 aromatic heterocycles. The zero-order chi connectivity index (χ0) is 19.3. The molecule has 0 saturated heterocycles. The molecule has 1 aromatic carbocycles. The zero-order valence-corrected chi connectivity index (χ0v) is 16.1. The van der Waals surface area contributed by atoms with Crippen molar-refractivity contribution in [1.82, 2.24) is 19.5 Å². The molecule has 7 nitrogen and oxygen atoms in total. The first-order valence-electron chi connectivity index (χ1n) is 8.63. The average molecular weight is 386 g/mol. The van der Waals surface area contributed by atoms with E-state index in [0.717, 1.165) is 11.1 Å². The minimum Gasteiger partial charge on any atom is -0.491 e. The summed E-state index contributed by atoms with van der Waals surface area (Å²) >= 11 is 0. The molecule has 0 bridgehead atoms. The van der Waals surface area contributed by atoms with E-state index in [2.05, 4.69) is 14.8 Å². The van der Waals surface area contributed by atoms with Gasteiger partial charge in [-0.3, -0.25) is 9.67 Å². The molecule has 1 N–H and O–H groups in total. The number of nitrogens with zero attached hydrogens (tertiary/aromatic N) is 3. The van der Waals surface area contributed by atoms with Gasteiger partial charge in [-0.15, -0.1) is 0 Å². The van der Waals surface area contributed by atoms with E-state index in [1.54, 1.807) is 35.4 Å². The van der Waals surface area contributed by atoms with Crippen LogP contribution < -0.4 is 9.46 Å². The summed E-state index contributed by atoms with van der Waals surface area (Å²) in [5.41, 5.74) is 1.97. The van der Waals surface area contributed by atoms with E-state index < -0.39 is 10.0 Å². The van der Waals surface area contributed by atoms with Gasteiger partial charge in [-0.2, -0.15) is 5.10 Å². The standard InChI is InChI=1S/C19H22N4O3S/c1-15(2)26-18-3-5-19(6-4-18)27(24,25)22-11-12-23-14-17(13-21-23)16-7-9-20-10-8-16/h3-10,13-15,22H,11-12H2,1-2H3. The largest absolute Gasteiger partial charge is 0.491 e. The molecule has 0 saturated carbocycles. The van der Waals surface area contributed by atoms with Gasteiger partial charge in [0.1, 0.15) is 5.75 Å². The SMILES string of the molecule is CC(C)Oc1ccc(S(=O)(=O)NCCn2cc(-c3ccncc3)cn2)cc1. The summed E-state index contributed by atoms with van der Waals surface area (Å²) in [6.45, 7) is 4.51. The fourth-order valence-electron chi connectivity index (χ4n) is 2.53. The number of sulfonamides is 1. The minimum atomic E-state index is -3.58. The van der Waals surface area contributed by atoms with Crippen molar-refractivity contribution in [3.8, 4) is 16.9 Å². The van der Waals surface area contributed by atoms with Gasteiger partial charge in [-0.25, -0.2) is 13.1 Å². The van der Waals surface area contributed by atoms with Crippen LogP contribution >= 0.6 is 0 Å². The first-order chi connectivity index (χ1) is 12.9. The van der Waals surface area contributed by atoms with Crippen molar-refractivity contribution >= 4 is 10.0 Å². The summed E-state index contributed by atoms with van der Waals surface area (Å²) in [4.78, 5) is 4.20. The second kappa shape index (κ2) is 8.32. The van der Waals surface area contributed by atoms with Crippen LogP contribution in [-0.2, 0) is 16.6 Å². The van der Waals surface area contributed by atoms with Gasteiger partial charge in [-0.1, -0.05) is 0 Å². The molecule has 0 radical (unpaired) electrons. The molecular formula is C19H22N4O3S. The van der Waals surface area contributed by atoms with E-state index in [9.17, 15) is 8.42 Å². The van der Waals surface area contributed by atoms with Crippen LogP contribution in [0.3, 0.4) is 0 Å². The minimum absolute atomic E-state index is 0.0386. The average Bonchev–Trinajstić information content (AvgIpc) is 3.11. The third-order valence-electron chi connectivity index (χ3n) is 3.79. The van der Waals surface area contributed by atoms with E-state index in [0.29, 0.717) is 12.3 Å². The highest BCUT2D eigenvalue weighted by Crippen LogP contribution is 2.18. The van der Waals surface area contributed by atoms with E-state index in [1.807, 2.05) is 32.2 Å². The smallest absolute Gasteiger partial charge is 0.240 e. The number of pyridine rings is 1. The van der Waals surface area contributed by atoms with E-state index in [-0.39, 0.29) is 17.5 Å². The highest BCUT2D eigenvalue weighted by atomic mass is 32.2. The maximum absolute atomic E-state index is 12.4.